The molecule has 2 aromatic rings. The summed E-state index contributed by atoms with van der Waals surface area (Å²) in [7, 11) is 1.62. The van der Waals surface area contributed by atoms with Gasteiger partial charge >= 0.3 is 0 Å². The Kier molecular flexibility index (Phi) is 3.12. The van der Waals surface area contributed by atoms with Gasteiger partial charge in [0.15, 0.2) is 0 Å². The Morgan fingerprint density at radius 3 is 2.52 bits per heavy atom. The van der Waals surface area contributed by atoms with E-state index in [1.54, 1.807) is 7.11 Å². The Bertz CT molecular complexity index is 726. The van der Waals surface area contributed by atoms with Crippen LogP contribution < -0.4 is 9.47 Å². The largest absolute Gasteiger partial charge is 0.497 e. The molecule has 0 N–H and O–H groups in total. The highest BCUT2D eigenvalue weighted by Crippen LogP contribution is 2.56. The van der Waals surface area contributed by atoms with Crippen molar-refractivity contribution >= 4 is 0 Å². The molecule has 1 fully saturated rings. The summed E-state index contributed by atoms with van der Waals surface area (Å²) in [5.41, 5.74) is 1.54. The highest BCUT2D eigenvalue weighted by Gasteiger charge is 2.57. The number of fused-ring (bicyclic) bond motifs is 3. The molecule has 2 unspecified atom stereocenters. The molecule has 2 atom stereocenters. The van der Waals surface area contributed by atoms with Crippen molar-refractivity contribution in [2.75, 3.05) is 7.11 Å². The number of halogens is 2. The van der Waals surface area contributed by atoms with Gasteiger partial charge in [0.2, 0.25) is 0 Å². The summed E-state index contributed by atoms with van der Waals surface area (Å²) < 4.78 is 39.1. The summed E-state index contributed by atoms with van der Waals surface area (Å²) in [6.45, 7) is 0. The maximum Gasteiger partial charge on any atom is 0.251 e. The van der Waals surface area contributed by atoms with Crippen molar-refractivity contribution in [2.24, 2.45) is 0 Å². The lowest BCUT2D eigenvalue weighted by molar-refractivity contribution is -0.0829. The summed E-state index contributed by atoms with van der Waals surface area (Å²) in [6, 6.07) is 15.4. The zero-order valence-electron chi connectivity index (χ0n) is 12.9. The first-order valence-corrected chi connectivity index (χ1v) is 7.84. The lowest BCUT2D eigenvalue weighted by atomic mass is 9.64. The number of alkyl halides is 2. The van der Waals surface area contributed by atoms with Crippen LogP contribution in [0.1, 0.15) is 30.4 Å². The fourth-order valence-electron chi connectivity index (χ4n) is 4.00. The second-order valence-corrected chi connectivity index (χ2v) is 6.36. The van der Waals surface area contributed by atoms with Crippen LogP contribution in [0.25, 0.3) is 0 Å². The van der Waals surface area contributed by atoms with E-state index in [1.807, 2.05) is 48.5 Å². The van der Waals surface area contributed by atoms with Crippen molar-refractivity contribution in [3.05, 3.63) is 59.7 Å². The minimum Gasteiger partial charge on any atom is -0.497 e. The standard InChI is InChI=1S/C19H18F2O2/c1-22-14-8-6-13(7-9-14)19-11-10-18(20,21)12-17(19)23-16-5-3-2-4-15(16)19/h2-9,17H,10-12H2,1H3. The van der Waals surface area contributed by atoms with Crippen molar-refractivity contribution in [1.82, 2.24) is 0 Å². The van der Waals surface area contributed by atoms with Crippen LogP contribution in [0.15, 0.2) is 48.5 Å². The molecule has 4 heteroatoms. The predicted octanol–water partition coefficient (Wildman–Crippen LogP) is 4.56. The van der Waals surface area contributed by atoms with E-state index in [4.69, 9.17) is 9.47 Å². The SMILES string of the molecule is COc1ccc(C23CCC(F)(F)CC2Oc2ccccc23)cc1. The molecular weight excluding hydrogens is 298 g/mol. The molecule has 0 amide bonds. The zero-order chi connectivity index (χ0) is 16.1. The molecule has 120 valence electrons. The van der Waals surface area contributed by atoms with Gasteiger partial charge in [0.1, 0.15) is 17.6 Å². The van der Waals surface area contributed by atoms with E-state index in [1.165, 1.54) is 0 Å². The van der Waals surface area contributed by atoms with E-state index in [2.05, 4.69) is 0 Å². The maximum atomic E-state index is 14.0. The summed E-state index contributed by atoms with van der Waals surface area (Å²) in [4.78, 5) is 0. The second kappa shape index (κ2) is 4.95. The number of ether oxygens (including phenoxy) is 2. The van der Waals surface area contributed by atoms with E-state index >= 15 is 0 Å². The van der Waals surface area contributed by atoms with Crippen LogP contribution in [0.5, 0.6) is 11.5 Å². The average Bonchev–Trinajstić information content (AvgIpc) is 2.88. The van der Waals surface area contributed by atoms with Crippen molar-refractivity contribution in [2.45, 2.75) is 36.7 Å². The predicted molar refractivity (Wildman–Crippen MR) is 83.4 cm³/mol. The number of methoxy groups -OCH3 is 1. The van der Waals surface area contributed by atoms with Gasteiger partial charge in [-0.1, -0.05) is 30.3 Å². The fourth-order valence-corrected chi connectivity index (χ4v) is 4.00. The van der Waals surface area contributed by atoms with Gasteiger partial charge in [0.25, 0.3) is 5.92 Å². The van der Waals surface area contributed by atoms with Gasteiger partial charge in [-0.15, -0.1) is 0 Å². The molecule has 1 aliphatic heterocycles. The molecule has 2 aromatic carbocycles. The summed E-state index contributed by atoms with van der Waals surface area (Å²) in [6.07, 6.45) is -0.508. The highest BCUT2D eigenvalue weighted by atomic mass is 19.3. The van der Waals surface area contributed by atoms with E-state index in [-0.39, 0.29) is 12.8 Å². The number of para-hydroxylation sites is 1. The molecule has 1 aliphatic carbocycles. The van der Waals surface area contributed by atoms with Gasteiger partial charge in [-0.2, -0.15) is 0 Å². The third-order valence-electron chi connectivity index (χ3n) is 5.16. The second-order valence-electron chi connectivity index (χ2n) is 6.36. The molecule has 1 heterocycles. The molecule has 0 saturated heterocycles. The summed E-state index contributed by atoms with van der Waals surface area (Å²) in [5.74, 6) is -1.18. The molecule has 0 spiro atoms. The lowest BCUT2D eigenvalue weighted by Crippen LogP contribution is -2.48. The Balaban J connectivity index is 1.86. The quantitative estimate of drug-likeness (QED) is 0.808. The Morgan fingerprint density at radius 1 is 1.04 bits per heavy atom. The van der Waals surface area contributed by atoms with Gasteiger partial charge < -0.3 is 9.47 Å². The first-order valence-electron chi connectivity index (χ1n) is 7.84. The van der Waals surface area contributed by atoms with Gasteiger partial charge in [0.05, 0.1) is 12.5 Å². The molecule has 23 heavy (non-hydrogen) atoms. The molecule has 2 nitrogen and oxygen atoms in total. The minimum absolute atomic E-state index is 0.118. The van der Waals surface area contributed by atoms with Crippen molar-refractivity contribution in [1.29, 1.82) is 0 Å². The van der Waals surface area contributed by atoms with Crippen LogP contribution in [0.2, 0.25) is 0 Å². The minimum atomic E-state index is -2.66. The third-order valence-corrected chi connectivity index (χ3v) is 5.16. The van der Waals surface area contributed by atoms with Crippen molar-refractivity contribution in [3.63, 3.8) is 0 Å². The Labute approximate surface area is 134 Å². The van der Waals surface area contributed by atoms with Gasteiger partial charge in [0, 0.05) is 18.4 Å². The van der Waals surface area contributed by atoms with Crippen LogP contribution in [-0.2, 0) is 5.41 Å². The van der Waals surface area contributed by atoms with Crippen LogP contribution in [0, 0.1) is 0 Å². The van der Waals surface area contributed by atoms with E-state index in [9.17, 15) is 8.78 Å². The first kappa shape index (κ1) is 14.5. The van der Waals surface area contributed by atoms with Crippen LogP contribution in [-0.4, -0.2) is 19.1 Å². The average molecular weight is 316 g/mol. The van der Waals surface area contributed by atoms with Gasteiger partial charge in [-0.25, -0.2) is 8.78 Å². The number of hydrogen-bond acceptors (Lipinski definition) is 2. The Morgan fingerprint density at radius 2 is 1.78 bits per heavy atom. The van der Waals surface area contributed by atoms with Crippen LogP contribution in [0.3, 0.4) is 0 Å². The fraction of sp³-hybridized carbons (Fsp3) is 0.368. The number of rotatable bonds is 2. The molecule has 0 bridgehead atoms. The third kappa shape index (κ3) is 2.12. The summed E-state index contributed by atoms with van der Waals surface area (Å²) >= 11 is 0. The molecule has 0 radical (unpaired) electrons. The van der Waals surface area contributed by atoms with E-state index in [0.717, 1.165) is 22.6 Å². The topological polar surface area (TPSA) is 18.5 Å². The molecule has 0 aromatic heterocycles. The molecule has 1 saturated carbocycles. The monoisotopic (exact) mass is 316 g/mol. The van der Waals surface area contributed by atoms with E-state index < -0.39 is 17.4 Å². The number of benzene rings is 2. The van der Waals surface area contributed by atoms with Crippen molar-refractivity contribution in [3.8, 4) is 11.5 Å². The normalized spacial score (nSPS) is 27.7. The first-order chi connectivity index (χ1) is 11.0. The van der Waals surface area contributed by atoms with Gasteiger partial charge in [-0.05, 0) is 30.2 Å². The van der Waals surface area contributed by atoms with Crippen LogP contribution >= 0.6 is 0 Å². The van der Waals surface area contributed by atoms with Gasteiger partial charge in [-0.3, -0.25) is 0 Å². The molecule has 2 aliphatic rings. The highest BCUT2D eigenvalue weighted by molar-refractivity contribution is 5.53. The lowest BCUT2D eigenvalue weighted by Gasteiger charge is -2.41. The molecular formula is C19H18F2O2. The smallest absolute Gasteiger partial charge is 0.251 e. The summed E-state index contributed by atoms with van der Waals surface area (Å²) in [5, 5.41) is 0. The number of hydrogen-bond donors (Lipinski definition) is 0. The maximum absolute atomic E-state index is 14.0. The Hall–Kier alpha value is -2.10. The van der Waals surface area contributed by atoms with E-state index in [0.29, 0.717) is 6.42 Å². The molecule has 4 rings (SSSR count). The van der Waals surface area contributed by atoms with Crippen molar-refractivity contribution < 1.29 is 18.3 Å². The van der Waals surface area contributed by atoms with Crippen LogP contribution in [0.4, 0.5) is 8.78 Å². The zero-order valence-corrected chi connectivity index (χ0v) is 12.9.